The van der Waals surface area contributed by atoms with Crippen LogP contribution in [-0.4, -0.2) is 56.0 Å². The van der Waals surface area contributed by atoms with Crippen molar-refractivity contribution in [3.05, 3.63) is 47.0 Å². The van der Waals surface area contributed by atoms with Gasteiger partial charge in [0.05, 0.1) is 11.8 Å². The van der Waals surface area contributed by atoms with Gasteiger partial charge in [-0.1, -0.05) is 24.3 Å². The van der Waals surface area contributed by atoms with Crippen molar-refractivity contribution in [1.29, 1.82) is 0 Å². The maximum Gasteiger partial charge on any atom is 0.339 e. The Labute approximate surface area is 153 Å². The van der Waals surface area contributed by atoms with Crippen LogP contribution in [0.3, 0.4) is 0 Å². The van der Waals surface area contributed by atoms with Crippen molar-refractivity contribution < 1.29 is 17.9 Å². The van der Waals surface area contributed by atoms with Gasteiger partial charge in [-0.25, -0.2) is 17.5 Å². The Hall–Kier alpha value is -1.96. The van der Waals surface area contributed by atoms with Crippen LogP contribution in [0.15, 0.2) is 30.3 Å². The number of ether oxygens (including phenoxy) is 1. The van der Waals surface area contributed by atoms with Gasteiger partial charge in [-0.15, -0.1) is 0 Å². The van der Waals surface area contributed by atoms with E-state index in [1.165, 1.54) is 6.26 Å². The Kier molecular flexibility index (Phi) is 4.46. The molecular formula is C19H22N2O4S. The molecule has 2 aliphatic rings. The molecule has 0 atom stereocenters. The predicted molar refractivity (Wildman–Crippen MR) is 99.4 cm³/mol. The summed E-state index contributed by atoms with van der Waals surface area (Å²) in [6.07, 6.45) is 2.09. The lowest BCUT2D eigenvalue weighted by atomic mass is 9.94. The zero-order valence-electron chi connectivity index (χ0n) is 14.8. The van der Waals surface area contributed by atoms with Gasteiger partial charge in [0.1, 0.15) is 6.61 Å². The summed E-state index contributed by atoms with van der Waals surface area (Å²) in [7, 11) is -3.14. The Morgan fingerprint density at radius 2 is 1.92 bits per heavy atom. The van der Waals surface area contributed by atoms with Crippen LogP contribution < -0.4 is 0 Å². The van der Waals surface area contributed by atoms with Crippen LogP contribution in [-0.2, 0) is 27.9 Å². The third kappa shape index (κ3) is 3.22. The van der Waals surface area contributed by atoms with Crippen LogP contribution in [0, 0.1) is 0 Å². The average molecular weight is 374 g/mol. The summed E-state index contributed by atoms with van der Waals surface area (Å²) in [4.78, 5) is 14.3. The maximum absolute atomic E-state index is 12.1. The summed E-state index contributed by atoms with van der Waals surface area (Å²) in [5, 5.41) is 2.08. The van der Waals surface area contributed by atoms with Gasteiger partial charge in [0.25, 0.3) is 0 Å². The lowest BCUT2D eigenvalue weighted by Crippen LogP contribution is -2.34. The summed E-state index contributed by atoms with van der Waals surface area (Å²) in [5.74, 6) is -0.265. The van der Waals surface area contributed by atoms with Crippen molar-refractivity contribution in [2.24, 2.45) is 0 Å². The minimum atomic E-state index is -3.14. The van der Waals surface area contributed by atoms with Crippen LogP contribution in [0.2, 0.25) is 0 Å². The first-order valence-electron chi connectivity index (χ1n) is 8.81. The maximum atomic E-state index is 12.1. The van der Waals surface area contributed by atoms with E-state index in [-0.39, 0.29) is 5.97 Å². The second-order valence-electron chi connectivity index (χ2n) is 6.98. The number of carbonyl (C=O) groups is 1. The molecule has 1 fully saturated rings. The number of hydrogen-bond donors (Lipinski definition) is 0. The molecule has 0 aromatic heterocycles. The van der Waals surface area contributed by atoms with Gasteiger partial charge in [-0.05, 0) is 35.5 Å². The first-order chi connectivity index (χ1) is 12.4. The summed E-state index contributed by atoms with van der Waals surface area (Å²) in [6.45, 7) is 3.72. The highest BCUT2D eigenvalue weighted by Gasteiger charge is 2.24. The summed E-state index contributed by atoms with van der Waals surface area (Å²) in [6, 6.07) is 9.89. The van der Waals surface area contributed by atoms with Crippen molar-refractivity contribution in [2.45, 2.75) is 19.6 Å². The van der Waals surface area contributed by atoms with Gasteiger partial charge in [-0.2, -0.15) is 0 Å². The van der Waals surface area contributed by atoms with Gasteiger partial charge < -0.3 is 4.74 Å². The van der Waals surface area contributed by atoms with Crippen LogP contribution in [0.25, 0.3) is 10.8 Å². The molecule has 2 aliphatic heterocycles. The standard InChI is InChI=1S/C19H22N2O4S/c1-26(23,24)21-9-3-8-20(10-11-21)12-14-6-7-15-13-25-19(22)17-5-2-4-16(14)18(15)17/h2,4-7H,3,8-13H2,1H3. The summed E-state index contributed by atoms with van der Waals surface area (Å²) >= 11 is 0. The SMILES string of the molecule is CS(=O)(=O)N1CCCN(Cc2ccc3c4c(cccc24)C(=O)OC3)CC1. The van der Waals surface area contributed by atoms with Gasteiger partial charge in [-0.3, -0.25) is 4.90 Å². The number of sulfonamides is 1. The Morgan fingerprint density at radius 1 is 1.08 bits per heavy atom. The highest BCUT2D eigenvalue weighted by Crippen LogP contribution is 2.31. The quantitative estimate of drug-likeness (QED) is 0.769. The van der Waals surface area contributed by atoms with E-state index in [9.17, 15) is 13.2 Å². The van der Waals surface area contributed by atoms with Crippen molar-refractivity contribution in [2.75, 3.05) is 32.4 Å². The molecule has 1 saturated heterocycles. The Morgan fingerprint density at radius 3 is 2.73 bits per heavy atom. The lowest BCUT2D eigenvalue weighted by molar-refractivity contribution is 0.0463. The zero-order chi connectivity index (χ0) is 18.3. The van der Waals surface area contributed by atoms with Gasteiger partial charge in [0.2, 0.25) is 10.0 Å². The van der Waals surface area contributed by atoms with Crippen LogP contribution in [0.5, 0.6) is 0 Å². The highest BCUT2D eigenvalue weighted by molar-refractivity contribution is 7.88. The first-order valence-corrected chi connectivity index (χ1v) is 10.7. The third-order valence-electron chi connectivity index (χ3n) is 5.21. The normalized spacial score (nSPS) is 19.3. The number of rotatable bonds is 3. The minimum absolute atomic E-state index is 0.265. The molecule has 0 radical (unpaired) electrons. The average Bonchev–Trinajstić information content (AvgIpc) is 2.85. The zero-order valence-corrected chi connectivity index (χ0v) is 15.6. The van der Waals surface area contributed by atoms with Crippen molar-refractivity contribution in [3.8, 4) is 0 Å². The van der Waals surface area contributed by atoms with E-state index in [1.54, 1.807) is 4.31 Å². The molecule has 2 aromatic rings. The van der Waals surface area contributed by atoms with Gasteiger partial charge in [0.15, 0.2) is 0 Å². The number of hydrogen-bond acceptors (Lipinski definition) is 5. The van der Waals surface area contributed by atoms with Gasteiger partial charge in [0, 0.05) is 31.6 Å². The number of cyclic esters (lactones) is 1. The summed E-state index contributed by atoms with van der Waals surface area (Å²) < 4.78 is 30.4. The topological polar surface area (TPSA) is 66.9 Å². The largest absolute Gasteiger partial charge is 0.457 e. The van der Waals surface area contributed by atoms with E-state index in [0.29, 0.717) is 31.8 Å². The van der Waals surface area contributed by atoms with Crippen molar-refractivity contribution in [3.63, 3.8) is 0 Å². The van der Waals surface area contributed by atoms with E-state index in [1.807, 2.05) is 18.2 Å². The minimum Gasteiger partial charge on any atom is -0.457 e. The lowest BCUT2D eigenvalue weighted by Gasteiger charge is -2.23. The fourth-order valence-electron chi connectivity index (χ4n) is 3.87. The molecular weight excluding hydrogens is 352 g/mol. The Balaban J connectivity index is 1.62. The Bertz CT molecular complexity index is 971. The molecule has 2 heterocycles. The van der Waals surface area contributed by atoms with E-state index in [2.05, 4.69) is 17.0 Å². The monoisotopic (exact) mass is 374 g/mol. The molecule has 0 bridgehead atoms. The van der Waals surface area contributed by atoms with Crippen LogP contribution >= 0.6 is 0 Å². The predicted octanol–water partition coefficient (Wildman–Crippen LogP) is 1.98. The molecule has 2 aromatic carbocycles. The summed E-state index contributed by atoms with van der Waals surface area (Å²) in [5.41, 5.74) is 2.83. The molecule has 7 heteroatoms. The molecule has 26 heavy (non-hydrogen) atoms. The second-order valence-corrected chi connectivity index (χ2v) is 8.96. The molecule has 0 amide bonds. The second kappa shape index (κ2) is 6.64. The number of carbonyl (C=O) groups excluding carboxylic acids is 1. The molecule has 0 spiro atoms. The molecule has 4 rings (SSSR count). The smallest absolute Gasteiger partial charge is 0.339 e. The highest BCUT2D eigenvalue weighted by atomic mass is 32.2. The fraction of sp³-hybridized carbons (Fsp3) is 0.421. The third-order valence-corrected chi connectivity index (χ3v) is 6.51. The number of benzene rings is 2. The van der Waals surface area contributed by atoms with Crippen LogP contribution in [0.1, 0.15) is 27.9 Å². The molecule has 0 N–H and O–H groups in total. The van der Waals surface area contributed by atoms with E-state index in [0.717, 1.165) is 41.4 Å². The van der Waals surface area contributed by atoms with Crippen molar-refractivity contribution >= 4 is 26.8 Å². The van der Waals surface area contributed by atoms with Gasteiger partial charge >= 0.3 is 5.97 Å². The molecule has 6 nitrogen and oxygen atoms in total. The molecule has 0 unspecified atom stereocenters. The number of nitrogens with zero attached hydrogens (tertiary/aromatic N) is 2. The van der Waals surface area contributed by atoms with E-state index < -0.39 is 10.0 Å². The fourth-order valence-corrected chi connectivity index (χ4v) is 4.74. The van der Waals surface area contributed by atoms with Crippen molar-refractivity contribution in [1.82, 2.24) is 9.21 Å². The molecule has 0 saturated carbocycles. The van der Waals surface area contributed by atoms with E-state index >= 15 is 0 Å². The number of esters is 1. The first kappa shape index (κ1) is 17.5. The molecule has 0 aliphatic carbocycles. The van der Waals surface area contributed by atoms with Crippen LogP contribution in [0.4, 0.5) is 0 Å². The molecule has 138 valence electrons. The van der Waals surface area contributed by atoms with E-state index in [4.69, 9.17) is 4.74 Å².